The van der Waals surface area contributed by atoms with Crippen molar-refractivity contribution >= 4 is 0 Å². The largest absolute Gasteiger partial charge is 0.331 e. The van der Waals surface area contributed by atoms with Gasteiger partial charge >= 0.3 is 0 Å². The zero-order valence-corrected chi connectivity index (χ0v) is 12.2. The number of hydrogen-bond acceptors (Lipinski definition) is 4. The van der Waals surface area contributed by atoms with Crippen LogP contribution < -0.4 is 0 Å². The maximum atomic E-state index is 4.52. The van der Waals surface area contributed by atoms with Gasteiger partial charge in [-0.25, -0.2) is 9.97 Å². The maximum absolute atomic E-state index is 4.52. The van der Waals surface area contributed by atoms with Crippen LogP contribution in [-0.4, -0.2) is 36.2 Å². The second-order valence-electron chi connectivity index (χ2n) is 5.70. The zero-order valence-electron chi connectivity index (χ0n) is 12.2. The van der Waals surface area contributed by atoms with Gasteiger partial charge in [-0.15, -0.1) is 0 Å². The molecule has 0 aromatic carbocycles. The Hall–Kier alpha value is -1.69. The molecule has 20 heavy (non-hydrogen) atoms. The highest BCUT2D eigenvalue weighted by Crippen LogP contribution is 2.29. The maximum Gasteiger partial charge on any atom is 0.141 e. The Bertz CT molecular complexity index is 530. The highest BCUT2D eigenvalue weighted by atomic mass is 15.3. The number of aromatic nitrogens is 5. The summed E-state index contributed by atoms with van der Waals surface area (Å²) < 4.78 is 2.24. The molecule has 6 heteroatoms. The minimum Gasteiger partial charge on any atom is -0.331 e. The van der Waals surface area contributed by atoms with Gasteiger partial charge in [-0.3, -0.25) is 10.00 Å². The molecule has 1 saturated heterocycles. The van der Waals surface area contributed by atoms with Crippen molar-refractivity contribution in [3.8, 4) is 0 Å². The predicted octanol–water partition coefficient (Wildman–Crippen LogP) is 2.31. The van der Waals surface area contributed by atoms with Crippen LogP contribution in [-0.2, 0) is 6.54 Å². The summed E-state index contributed by atoms with van der Waals surface area (Å²) in [5.41, 5.74) is 0. The summed E-state index contributed by atoms with van der Waals surface area (Å²) in [5.74, 6) is 2.11. The van der Waals surface area contributed by atoms with Crippen LogP contribution in [0.2, 0.25) is 0 Å². The average Bonchev–Trinajstić information content (AvgIpc) is 3.09. The van der Waals surface area contributed by atoms with E-state index in [0.29, 0.717) is 12.1 Å². The Morgan fingerprint density at radius 2 is 2.25 bits per heavy atom. The molecule has 2 aromatic rings. The van der Waals surface area contributed by atoms with Crippen molar-refractivity contribution in [3.05, 3.63) is 30.4 Å². The number of hydrogen-bond donors (Lipinski definition) is 1. The highest BCUT2D eigenvalue weighted by Gasteiger charge is 2.27. The molecule has 0 aliphatic carbocycles. The van der Waals surface area contributed by atoms with E-state index in [1.165, 1.54) is 12.8 Å². The van der Waals surface area contributed by atoms with Gasteiger partial charge in [0.2, 0.25) is 0 Å². The van der Waals surface area contributed by atoms with E-state index < -0.39 is 0 Å². The van der Waals surface area contributed by atoms with Crippen LogP contribution >= 0.6 is 0 Å². The summed E-state index contributed by atoms with van der Waals surface area (Å²) in [6.45, 7) is 6.34. The van der Waals surface area contributed by atoms with Crippen LogP contribution in [0.25, 0.3) is 0 Å². The first-order valence-corrected chi connectivity index (χ1v) is 7.36. The Morgan fingerprint density at radius 1 is 1.35 bits per heavy atom. The van der Waals surface area contributed by atoms with E-state index in [2.05, 4.69) is 49.7 Å². The average molecular weight is 274 g/mol. The first-order valence-electron chi connectivity index (χ1n) is 7.36. The van der Waals surface area contributed by atoms with Gasteiger partial charge in [-0.2, -0.15) is 5.10 Å². The van der Waals surface area contributed by atoms with Crippen LogP contribution in [0.15, 0.2) is 18.7 Å². The number of imidazole rings is 1. The van der Waals surface area contributed by atoms with Crippen LogP contribution in [0.5, 0.6) is 0 Å². The third-order valence-corrected chi connectivity index (χ3v) is 4.01. The number of H-pyrrole nitrogens is 1. The fraction of sp³-hybridized carbons (Fsp3) is 0.643. The van der Waals surface area contributed by atoms with Gasteiger partial charge in [-0.1, -0.05) is 6.42 Å². The van der Waals surface area contributed by atoms with E-state index in [0.717, 1.165) is 31.2 Å². The molecule has 0 radical (unpaired) electrons. The molecule has 2 aromatic heterocycles. The lowest BCUT2D eigenvalue weighted by atomic mass is 10.0. The molecule has 1 aliphatic rings. The SMILES string of the molecule is CC(C)n1ccnc1CN1CCCC[C@H]1c1ncn[nH]1. The van der Waals surface area contributed by atoms with E-state index in [4.69, 9.17) is 0 Å². The Kier molecular flexibility index (Phi) is 3.82. The monoisotopic (exact) mass is 274 g/mol. The smallest absolute Gasteiger partial charge is 0.141 e. The number of rotatable bonds is 4. The zero-order chi connectivity index (χ0) is 13.9. The van der Waals surface area contributed by atoms with Crippen LogP contribution in [0.1, 0.15) is 56.8 Å². The Labute approximate surface area is 119 Å². The van der Waals surface area contributed by atoms with Gasteiger partial charge < -0.3 is 4.57 Å². The third kappa shape index (κ3) is 2.60. The number of likely N-dealkylation sites (tertiary alicyclic amines) is 1. The number of nitrogens with one attached hydrogen (secondary N) is 1. The van der Waals surface area contributed by atoms with Crippen LogP contribution in [0, 0.1) is 0 Å². The van der Waals surface area contributed by atoms with Gasteiger partial charge in [0.15, 0.2) is 0 Å². The topological polar surface area (TPSA) is 62.6 Å². The summed E-state index contributed by atoms with van der Waals surface area (Å²) in [6, 6.07) is 0.782. The van der Waals surface area contributed by atoms with Crippen molar-refractivity contribution in [1.29, 1.82) is 0 Å². The van der Waals surface area contributed by atoms with Gasteiger partial charge in [0.05, 0.1) is 12.6 Å². The van der Waals surface area contributed by atoms with Gasteiger partial charge in [0.25, 0.3) is 0 Å². The molecule has 1 fully saturated rings. The lowest BCUT2D eigenvalue weighted by Crippen LogP contribution is -2.34. The van der Waals surface area contributed by atoms with Crippen molar-refractivity contribution in [2.45, 2.75) is 51.7 Å². The lowest BCUT2D eigenvalue weighted by Gasteiger charge is -2.34. The lowest BCUT2D eigenvalue weighted by molar-refractivity contribution is 0.128. The van der Waals surface area contributed by atoms with Crippen LogP contribution in [0.4, 0.5) is 0 Å². The Morgan fingerprint density at radius 3 is 3.00 bits per heavy atom. The second kappa shape index (κ2) is 5.75. The quantitative estimate of drug-likeness (QED) is 0.929. The van der Waals surface area contributed by atoms with E-state index >= 15 is 0 Å². The summed E-state index contributed by atoms with van der Waals surface area (Å²) in [7, 11) is 0. The molecule has 108 valence electrons. The third-order valence-electron chi connectivity index (χ3n) is 4.01. The minimum atomic E-state index is 0.337. The van der Waals surface area contributed by atoms with E-state index in [9.17, 15) is 0 Å². The fourth-order valence-corrected chi connectivity index (χ4v) is 2.98. The molecule has 0 saturated carbocycles. The molecule has 0 bridgehead atoms. The molecule has 6 nitrogen and oxygen atoms in total. The second-order valence-corrected chi connectivity index (χ2v) is 5.70. The molecule has 3 heterocycles. The molecule has 1 atom stereocenters. The first-order chi connectivity index (χ1) is 9.75. The summed E-state index contributed by atoms with van der Waals surface area (Å²) in [6.07, 6.45) is 9.18. The summed E-state index contributed by atoms with van der Waals surface area (Å²) in [4.78, 5) is 11.3. The van der Waals surface area contributed by atoms with Gasteiger partial charge in [0, 0.05) is 18.4 Å². The molecule has 0 unspecified atom stereocenters. The van der Waals surface area contributed by atoms with Crippen molar-refractivity contribution in [3.63, 3.8) is 0 Å². The van der Waals surface area contributed by atoms with E-state index in [1.54, 1.807) is 6.33 Å². The standard InChI is InChI=1S/C14H22N6/c1-11(2)20-8-6-15-13(20)9-19-7-4-3-5-12(19)14-16-10-17-18-14/h6,8,10-12H,3-5,7,9H2,1-2H3,(H,16,17,18)/t12-/m0/s1. The van der Waals surface area contributed by atoms with Gasteiger partial charge in [-0.05, 0) is 33.2 Å². The molecule has 1 aliphatic heterocycles. The van der Waals surface area contributed by atoms with E-state index in [-0.39, 0.29) is 0 Å². The normalized spacial score (nSPS) is 20.6. The summed E-state index contributed by atoms with van der Waals surface area (Å²) >= 11 is 0. The van der Waals surface area contributed by atoms with Crippen molar-refractivity contribution < 1.29 is 0 Å². The number of aromatic amines is 1. The first kappa shape index (κ1) is 13.3. The molecule has 0 spiro atoms. The van der Waals surface area contributed by atoms with Crippen molar-refractivity contribution in [2.75, 3.05) is 6.54 Å². The number of nitrogens with zero attached hydrogens (tertiary/aromatic N) is 5. The van der Waals surface area contributed by atoms with Gasteiger partial charge in [0.1, 0.15) is 18.0 Å². The molecule has 1 N–H and O–H groups in total. The van der Waals surface area contributed by atoms with Crippen molar-refractivity contribution in [1.82, 2.24) is 29.6 Å². The van der Waals surface area contributed by atoms with E-state index in [1.807, 2.05) is 6.20 Å². The fourth-order valence-electron chi connectivity index (χ4n) is 2.98. The molecular formula is C14H22N6. The minimum absolute atomic E-state index is 0.337. The molecule has 0 amide bonds. The Balaban J connectivity index is 1.79. The summed E-state index contributed by atoms with van der Waals surface area (Å²) in [5, 5.41) is 7.01. The molecule has 3 rings (SSSR count). The van der Waals surface area contributed by atoms with Crippen molar-refractivity contribution in [2.24, 2.45) is 0 Å². The van der Waals surface area contributed by atoms with Crippen LogP contribution in [0.3, 0.4) is 0 Å². The highest BCUT2D eigenvalue weighted by molar-refractivity contribution is 4.99. The number of piperidine rings is 1. The molecular weight excluding hydrogens is 252 g/mol. The predicted molar refractivity (Wildman–Crippen MR) is 76.0 cm³/mol.